The average molecular weight is 168 g/mol. The molecule has 12 heavy (non-hydrogen) atoms. The molecule has 1 aromatic rings. The third-order valence-electron chi connectivity index (χ3n) is 1.44. The van der Waals surface area contributed by atoms with Gasteiger partial charge in [0.05, 0.1) is 6.61 Å². The molecule has 68 valence electrons. The molecule has 1 rings (SSSR count). The van der Waals surface area contributed by atoms with Crippen LogP contribution in [-0.2, 0) is 6.61 Å². The summed E-state index contributed by atoms with van der Waals surface area (Å²) >= 11 is 0. The zero-order valence-corrected chi connectivity index (χ0v) is 7.83. The standard InChI is InChI=1S/C8H10O2.C2H6/c1-6-4-7(5-9)2-3-8(6)10;1-2/h2-4,9-10H,5H2,1H3;1-2H3. The van der Waals surface area contributed by atoms with Gasteiger partial charge in [-0.05, 0) is 24.1 Å². The second-order valence-corrected chi connectivity index (χ2v) is 2.28. The van der Waals surface area contributed by atoms with Crippen molar-refractivity contribution in [1.82, 2.24) is 0 Å². The van der Waals surface area contributed by atoms with Crippen LogP contribution in [0.4, 0.5) is 0 Å². The largest absolute Gasteiger partial charge is 0.508 e. The van der Waals surface area contributed by atoms with E-state index in [1.807, 2.05) is 13.8 Å². The van der Waals surface area contributed by atoms with Crippen molar-refractivity contribution in [3.05, 3.63) is 29.3 Å². The number of hydrogen-bond acceptors (Lipinski definition) is 2. The number of phenols is 1. The number of hydrogen-bond donors (Lipinski definition) is 2. The van der Waals surface area contributed by atoms with Gasteiger partial charge in [-0.1, -0.05) is 26.0 Å². The van der Waals surface area contributed by atoms with Crippen molar-refractivity contribution in [2.45, 2.75) is 27.4 Å². The zero-order chi connectivity index (χ0) is 9.56. The fourth-order valence-electron chi connectivity index (χ4n) is 0.816. The lowest BCUT2D eigenvalue weighted by Crippen LogP contribution is -1.83. The first-order valence-electron chi connectivity index (χ1n) is 4.13. The third-order valence-corrected chi connectivity index (χ3v) is 1.44. The van der Waals surface area contributed by atoms with Crippen LogP contribution < -0.4 is 0 Å². The number of aromatic hydroxyl groups is 1. The van der Waals surface area contributed by atoms with Crippen molar-refractivity contribution in [1.29, 1.82) is 0 Å². The fraction of sp³-hybridized carbons (Fsp3) is 0.400. The molecule has 2 heteroatoms. The van der Waals surface area contributed by atoms with E-state index in [1.165, 1.54) is 0 Å². The Labute approximate surface area is 73.5 Å². The summed E-state index contributed by atoms with van der Waals surface area (Å²) in [4.78, 5) is 0. The van der Waals surface area contributed by atoms with Crippen molar-refractivity contribution in [3.8, 4) is 5.75 Å². The van der Waals surface area contributed by atoms with Crippen LogP contribution in [0.3, 0.4) is 0 Å². The van der Waals surface area contributed by atoms with Crippen molar-refractivity contribution >= 4 is 0 Å². The summed E-state index contributed by atoms with van der Waals surface area (Å²) in [7, 11) is 0. The molecule has 0 atom stereocenters. The number of aliphatic hydroxyl groups is 1. The molecule has 0 radical (unpaired) electrons. The highest BCUT2D eigenvalue weighted by Gasteiger charge is 1.95. The lowest BCUT2D eigenvalue weighted by molar-refractivity contribution is 0.281. The third kappa shape index (κ3) is 2.93. The van der Waals surface area contributed by atoms with Crippen molar-refractivity contribution < 1.29 is 10.2 Å². The molecule has 0 unspecified atom stereocenters. The Hall–Kier alpha value is -1.02. The molecule has 0 spiro atoms. The number of aliphatic hydroxyl groups excluding tert-OH is 1. The summed E-state index contributed by atoms with van der Waals surface area (Å²) in [6.45, 7) is 5.83. The maximum absolute atomic E-state index is 9.06. The minimum atomic E-state index is 0.0289. The summed E-state index contributed by atoms with van der Waals surface area (Å²) in [5, 5.41) is 17.7. The zero-order valence-electron chi connectivity index (χ0n) is 7.83. The van der Waals surface area contributed by atoms with Gasteiger partial charge in [-0.25, -0.2) is 0 Å². The Morgan fingerprint density at radius 3 is 2.25 bits per heavy atom. The number of aryl methyl sites for hydroxylation is 1. The predicted molar refractivity (Wildman–Crippen MR) is 50.1 cm³/mol. The molecule has 0 heterocycles. The molecular formula is C10H16O2. The topological polar surface area (TPSA) is 40.5 Å². The maximum atomic E-state index is 9.06. The van der Waals surface area contributed by atoms with Gasteiger partial charge < -0.3 is 10.2 Å². The molecule has 2 N–H and O–H groups in total. The minimum absolute atomic E-state index is 0.0289. The highest BCUT2D eigenvalue weighted by Crippen LogP contribution is 2.16. The highest BCUT2D eigenvalue weighted by atomic mass is 16.3. The van der Waals surface area contributed by atoms with Gasteiger partial charge in [0.15, 0.2) is 0 Å². The Bertz CT molecular complexity index is 231. The van der Waals surface area contributed by atoms with Gasteiger partial charge in [-0.2, -0.15) is 0 Å². The molecule has 0 aliphatic heterocycles. The first kappa shape index (κ1) is 11.0. The van der Waals surface area contributed by atoms with E-state index in [-0.39, 0.29) is 12.4 Å². The average Bonchev–Trinajstić information content (AvgIpc) is 2.13. The Morgan fingerprint density at radius 2 is 1.83 bits per heavy atom. The quantitative estimate of drug-likeness (QED) is 0.675. The van der Waals surface area contributed by atoms with Crippen LogP contribution in [0.5, 0.6) is 5.75 Å². The molecule has 0 amide bonds. The van der Waals surface area contributed by atoms with Gasteiger partial charge in [0.25, 0.3) is 0 Å². The number of phenolic OH excluding ortho intramolecular Hbond substituents is 1. The first-order valence-corrected chi connectivity index (χ1v) is 4.13. The summed E-state index contributed by atoms with van der Waals surface area (Å²) < 4.78 is 0. The molecule has 2 nitrogen and oxygen atoms in total. The van der Waals surface area contributed by atoms with E-state index in [0.29, 0.717) is 0 Å². The second-order valence-electron chi connectivity index (χ2n) is 2.28. The molecule has 0 bridgehead atoms. The van der Waals surface area contributed by atoms with Crippen LogP contribution in [0, 0.1) is 6.92 Å². The van der Waals surface area contributed by atoms with Crippen LogP contribution in [0.25, 0.3) is 0 Å². The van der Waals surface area contributed by atoms with E-state index < -0.39 is 0 Å². The predicted octanol–water partition coefficient (Wildman–Crippen LogP) is 2.22. The Morgan fingerprint density at radius 1 is 1.25 bits per heavy atom. The van der Waals surface area contributed by atoms with Gasteiger partial charge in [0.2, 0.25) is 0 Å². The van der Waals surface area contributed by atoms with Crippen LogP contribution in [-0.4, -0.2) is 10.2 Å². The molecule has 1 aromatic carbocycles. The van der Waals surface area contributed by atoms with Crippen LogP contribution in [0.1, 0.15) is 25.0 Å². The summed E-state index contributed by atoms with van der Waals surface area (Å²) in [6, 6.07) is 5.04. The van der Waals surface area contributed by atoms with E-state index in [1.54, 1.807) is 25.1 Å². The number of rotatable bonds is 1. The SMILES string of the molecule is CC.Cc1cc(CO)ccc1O. The highest BCUT2D eigenvalue weighted by molar-refractivity contribution is 5.34. The fourth-order valence-corrected chi connectivity index (χ4v) is 0.816. The van der Waals surface area contributed by atoms with Crippen LogP contribution in [0.15, 0.2) is 18.2 Å². The van der Waals surface area contributed by atoms with Gasteiger partial charge >= 0.3 is 0 Å². The molecule has 0 aliphatic rings. The van der Waals surface area contributed by atoms with Gasteiger partial charge in [0.1, 0.15) is 5.75 Å². The molecule has 0 saturated heterocycles. The Balaban J connectivity index is 0.000000561. The van der Waals surface area contributed by atoms with Crippen molar-refractivity contribution in [3.63, 3.8) is 0 Å². The van der Waals surface area contributed by atoms with E-state index >= 15 is 0 Å². The first-order chi connectivity index (χ1) is 5.74. The summed E-state index contributed by atoms with van der Waals surface area (Å²) in [5.74, 6) is 0.275. The minimum Gasteiger partial charge on any atom is -0.508 e. The van der Waals surface area contributed by atoms with Gasteiger partial charge in [0, 0.05) is 0 Å². The van der Waals surface area contributed by atoms with Crippen LogP contribution >= 0.6 is 0 Å². The molecule has 0 aliphatic carbocycles. The lowest BCUT2D eigenvalue weighted by atomic mass is 10.1. The molecular weight excluding hydrogens is 152 g/mol. The molecule has 0 saturated carbocycles. The smallest absolute Gasteiger partial charge is 0.118 e. The van der Waals surface area contributed by atoms with E-state index in [9.17, 15) is 0 Å². The molecule has 0 aromatic heterocycles. The Kier molecular flexibility index (Phi) is 5.13. The maximum Gasteiger partial charge on any atom is 0.118 e. The summed E-state index contributed by atoms with van der Waals surface area (Å²) in [5.41, 5.74) is 1.63. The van der Waals surface area contributed by atoms with E-state index in [2.05, 4.69) is 0 Å². The van der Waals surface area contributed by atoms with Gasteiger partial charge in [-0.15, -0.1) is 0 Å². The van der Waals surface area contributed by atoms with Crippen molar-refractivity contribution in [2.24, 2.45) is 0 Å². The van der Waals surface area contributed by atoms with Crippen LogP contribution in [0.2, 0.25) is 0 Å². The summed E-state index contributed by atoms with van der Waals surface area (Å²) in [6.07, 6.45) is 0. The molecule has 0 fully saturated rings. The normalized spacial score (nSPS) is 8.67. The number of benzene rings is 1. The monoisotopic (exact) mass is 168 g/mol. The lowest BCUT2D eigenvalue weighted by Gasteiger charge is -1.99. The van der Waals surface area contributed by atoms with E-state index in [0.717, 1.165) is 11.1 Å². The van der Waals surface area contributed by atoms with Gasteiger partial charge in [-0.3, -0.25) is 0 Å². The van der Waals surface area contributed by atoms with Crippen molar-refractivity contribution in [2.75, 3.05) is 0 Å². The second kappa shape index (κ2) is 5.61. The van der Waals surface area contributed by atoms with E-state index in [4.69, 9.17) is 10.2 Å².